The van der Waals surface area contributed by atoms with Gasteiger partial charge in [-0.1, -0.05) is 19.1 Å². The summed E-state index contributed by atoms with van der Waals surface area (Å²) in [7, 11) is 2.12. The molecule has 18 heavy (non-hydrogen) atoms. The van der Waals surface area contributed by atoms with Crippen LogP contribution in [0.2, 0.25) is 0 Å². The zero-order chi connectivity index (χ0) is 13.2. The van der Waals surface area contributed by atoms with E-state index in [1.807, 2.05) is 0 Å². The second-order valence-electron chi connectivity index (χ2n) is 5.15. The first kappa shape index (κ1) is 13.4. The van der Waals surface area contributed by atoms with Gasteiger partial charge in [0.15, 0.2) is 0 Å². The molecule has 0 aliphatic carbocycles. The monoisotopic (exact) mass is 248 g/mol. The van der Waals surface area contributed by atoms with E-state index in [-0.39, 0.29) is 11.6 Å². The molecule has 0 bridgehead atoms. The quantitative estimate of drug-likeness (QED) is 0.887. The third kappa shape index (κ3) is 2.13. The van der Waals surface area contributed by atoms with Crippen LogP contribution in [0.5, 0.6) is 0 Å². The van der Waals surface area contributed by atoms with E-state index in [1.54, 1.807) is 0 Å². The third-order valence-electron chi connectivity index (χ3n) is 4.41. The molecule has 1 aliphatic heterocycles. The topological polar surface area (TPSA) is 38.5 Å². The van der Waals surface area contributed by atoms with Crippen molar-refractivity contribution in [3.05, 3.63) is 29.8 Å². The number of benzene rings is 1. The van der Waals surface area contributed by atoms with Crippen LogP contribution < -0.4 is 10.6 Å². The van der Waals surface area contributed by atoms with E-state index < -0.39 is 0 Å². The van der Waals surface area contributed by atoms with Crippen molar-refractivity contribution in [2.24, 2.45) is 5.73 Å². The summed E-state index contributed by atoms with van der Waals surface area (Å²) in [6, 6.07) is 8.75. The van der Waals surface area contributed by atoms with E-state index >= 15 is 0 Å². The summed E-state index contributed by atoms with van der Waals surface area (Å²) in [5.41, 5.74) is 8.55. The van der Waals surface area contributed by atoms with E-state index in [0.717, 1.165) is 19.4 Å². The molecular formula is C15H24N2O. The number of ether oxygens (including phenoxy) is 1. The summed E-state index contributed by atoms with van der Waals surface area (Å²) < 4.78 is 5.73. The highest BCUT2D eigenvalue weighted by Crippen LogP contribution is 2.34. The average Bonchev–Trinajstić information content (AvgIpc) is 2.80. The Balaban J connectivity index is 2.25. The molecule has 2 rings (SSSR count). The van der Waals surface area contributed by atoms with Crippen molar-refractivity contribution in [1.29, 1.82) is 0 Å². The van der Waals surface area contributed by atoms with Crippen molar-refractivity contribution in [1.82, 2.24) is 0 Å². The Kier molecular flexibility index (Phi) is 3.93. The number of aryl methyl sites for hydroxylation is 1. The average molecular weight is 248 g/mol. The highest BCUT2D eigenvalue weighted by molar-refractivity contribution is 5.50. The van der Waals surface area contributed by atoms with Crippen LogP contribution in [0.4, 0.5) is 5.69 Å². The zero-order valence-electron chi connectivity index (χ0n) is 11.6. The molecule has 1 aromatic rings. The van der Waals surface area contributed by atoms with Gasteiger partial charge in [0.1, 0.15) is 0 Å². The van der Waals surface area contributed by atoms with Crippen LogP contribution in [0, 0.1) is 0 Å². The van der Waals surface area contributed by atoms with Crippen molar-refractivity contribution >= 4 is 5.69 Å². The fraction of sp³-hybridized carbons (Fsp3) is 0.600. The first-order valence-electron chi connectivity index (χ1n) is 6.78. The zero-order valence-corrected chi connectivity index (χ0v) is 11.6. The van der Waals surface area contributed by atoms with Gasteiger partial charge in [-0.15, -0.1) is 0 Å². The maximum Gasteiger partial charge on any atom is 0.0800 e. The number of anilines is 1. The predicted molar refractivity (Wildman–Crippen MR) is 76.0 cm³/mol. The van der Waals surface area contributed by atoms with Crippen LogP contribution in [0.25, 0.3) is 0 Å². The highest BCUT2D eigenvalue weighted by atomic mass is 16.5. The second kappa shape index (κ2) is 5.29. The Morgan fingerprint density at radius 1 is 1.39 bits per heavy atom. The lowest BCUT2D eigenvalue weighted by Crippen LogP contribution is -2.57. The minimum atomic E-state index is -0.0618. The molecule has 0 amide bonds. The summed E-state index contributed by atoms with van der Waals surface area (Å²) in [6.45, 7) is 5.72. The largest absolute Gasteiger partial charge is 0.376 e. The molecule has 1 fully saturated rings. The fourth-order valence-electron chi connectivity index (χ4n) is 2.83. The van der Waals surface area contributed by atoms with Gasteiger partial charge < -0.3 is 15.4 Å². The Bertz CT molecular complexity index is 390. The van der Waals surface area contributed by atoms with Crippen LogP contribution in [-0.4, -0.2) is 31.8 Å². The number of nitrogens with two attached hydrogens (primary N) is 1. The molecule has 0 radical (unpaired) electrons. The van der Waals surface area contributed by atoms with Crippen LogP contribution in [-0.2, 0) is 11.2 Å². The number of hydrogen-bond acceptors (Lipinski definition) is 3. The minimum Gasteiger partial charge on any atom is -0.376 e. The van der Waals surface area contributed by atoms with Crippen molar-refractivity contribution in [3.8, 4) is 0 Å². The lowest BCUT2D eigenvalue weighted by Gasteiger charge is -2.41. The molecule has 2 atom stereocenters. The Morgan fingerprint density at radius 3 is 2.50 bits per heavy atom. The molecule has 2 unspecified atom stereocenters. The first-order valence-corrected chi connectivity index (χ1v) is 6.78. The lowest BCUT2D eigenvalue weighted by molar-refractivity contribution is 0.0961. The Morgan fingerprint density at radius 2 is 2.06 bits per heavy atom. The minimum absolute atomic E-state index is 0.0618. The predicted octanol–water partition coefficient (Wildman–Crippen LogP) is 2.19. The third-order valence-corrected chi connectivity index (χ3v) is 4.41. The lowest BCUT2D eigenvalue weighted by atomic mass is 9.89. The van der Waals surface area contributed by atoms with E-state index in [1.165, 1.54) is 11.3 Å². The van der Waals surface area contributed by atoms with Crippen molar-refractivity contribution in [2.75, 3.05) is 25.1 Å². The summed E-state index contributed by atoms with van der Waals surface area (Å²) in [4.78, 5) is 2.30. The summed E-state index contributed by atoms with van der Waals surface area (Å²) >= 11 is 0. The van der Waals surface area contributed by atoms with Gasteiger partial charge in [0.25, 0.3) is 0 Å². The maximum absolute atomic E-state index is 6.03. The Hall–Kier alpha value is -1.06. The van der Waals surface area contributed by atoms with Crippen LogP contribution in [0.3, 0.4) is 0 Å². The smallest absolute Gasteiger partial charge is 0.0800 e. The molecule has 1 aromatic carbocycles. The summed E-state index contributed by atoms with van der Waals surface area (Å²) in [5.74, 6) is 0. The first-order chi connectivity index (χ1) is 8.64. The van der Waals surface area contributed by atoms with E-state index in [0.29, 0.717) is 6.54 Å². The molecule has 1 aliphatic rings. The normalized spacial score (nSPS) is 27.4. The molecule has 1 heterocycles. The van der Waals surface area contributed by atoms with E-state index in [2.05, 4.69) is 50.1 Å². The van der Waals surface area contributed by atoms with Gasteiger partial charge in [0.05, 0.1) is 11.6 Å². The second-order valence-corrected chi connectivity index (χ2v) is 5.15. The SMILES string of the molecule is CCc1ccc(N(C)C2(CN)CCOC2C)cc1. The molecule has 0 aromatic heterocycles. The van der Waals surface area contributed by atoms with Gasteiger partial charge >= 0.3 is 0 Å². The maximum atomic E-state index is 6.03. The molecule has 2 N–H and O–H groups in total. The van der Waals surface area contributed by atoms with Crippen LogP contribution in [0.1, 0.15) is 25.8 Å². The number of nitrogens with zero attached hydrogens (tertiary/aromatic N) is 1. The molecule has 3 heteroatoms. The van der Waals surface area contributed by atoms with Gasteiger partial charge in [-0.05, 0) is 37.5 Å². The molecular weight excluding hydrogens is 224 g/mol. The fourth-order valence-corrected chi connectivity index (χ4v) is 2.83. The van der Waals surface area contributed by atoms with Crippen molar-refractivity contribution in [2.45, 2.75) is 38.3 Å². The molecule has 3 nitrogen and oxygen atoms in total. The number of hydrogen-bond donors (Lipinski definition) is 1. The summed E-state index contributed by atoms with van der Waals surface area (Å²) in [6.07, 6.45) is 2.25. The van der Waals surface area contributed by atoms with E-state index in [9.17, 15) is 0 Å². The highest BCUT2D eigenvalue weighted by Gasteiger charge is 2.43. The van der Waals surface area contributed by atoms with Gasteiger partial charge in [-0.2, -0.15) is 0 Å². The van der Waals surface area contributed by atoms with E-state index in [4.69, 9.17) is 10.5 Å². The van der Waals surface area contributed by atoms with Gasteiger partial charge in [0, 0.05) is 25.9 Å². The molecule has 0 saturated carbocycles. The van der Waals surface area contributed by atoms with Gasteiger partial charge in [0.2, 0.25) is 0 Å². The Labute approximate surface area is 110 Å². The molecule has 100 valence electrons. The van der Waals surface area contributed by atoms with Gasteiger partial charge in [-0.3, -0.25) is 0 Å². The standard InChI is InChI=1S/C15H24N2O/c1-4-13-5-7-14(8-6-13)17(3)15(11-16)9-10-18-12(15)2/h5-8,12H,4,9-11,16H2,1-3H3. The molecule has 0 spiro atoms. The van der Waals surface area contributed by atoms with Crippen LogP contribution >= 0.6 is 0 Å². The van der Waals surface area contributed by atoms with Gasteiger partial charge in [-0.25, -0.2) is 0 Å². The van der Waals surface area contributed by atoms with Crippen molar-refractivity contribution in [3.63, 3.8) is 0 Å². The number of rotatable bonds is 4. The molecule has 1 saturated heterocycles. The summed E-state index contributed by atoms with van der Waals surface area (Å²) in [5, 5.41) is 0. The van der Waals surface area contributed by atoms with Crippen molar-refractivity contribution < 1.29 is 4.74 Å². The van der Waals surface area contributed by atoms with Crippen LogP contribution in [0.15, 0.2) is 24.3 Å². The number of likely N-dealkylation sites (N-methyl/N-ethyl adjacent to an activating group) is 1.